The number of carbonyl (C=O) groups is 4. The Kier molecular flexibility index (Phi) is 6.65. The molecule has 0 aliphatic rings. The van der Waals surface area contributed by atoms with Crippen LogP contribution in [0.2, 0.25) is 0 Å². The first-order chi connectivity index (χ1) is 12.8. The van der Waals surface area contributed by atoms with Gasteiger partial charge in [-0.05, 0) is 50.6 Å². The number of esters is 1. The van der Waals surface area contributed by atoms with Crippen molar-refractivity contribution in [2.45, 2.75) is 39.7 Å². The van der Waals surface area contributed by atoms with Gasteiger partial charge in [-0.3, -0.25) is 14.4 Å². The number of Topliss-reactive ketones (excluding diaryl/α,β-unsaturated/α-hetero) is 2. The van der Waals surface area contributed by atoms with E-state index in [1.54, 1.807) is 24.3 Å². The third kappa shape index (κ3) is 5.37. The number of H-pyrrole nitrogens is 1. The standard InChI is InChI=1S/C20H22N2O5/c1-4-5-18(24)22-16-8-6-14(7-9-16)19(25)13(3)27-20(26)17-10-15(11-21-17)12(2)23/h6-11,13,21H,4-5H2,1-3H3,(H,22,24)/t13-/m1/s1. The number of ketones is 2. The van der Waals surface area contributed by atoms with Crippen molar-refractivity contribution in [3.8, 4) is 0 Å². The molecule has 7 heteroatoms. The first-order valence-corrected chi connectivity index (χ1v) is 8.66. The lowest BCUT2D eigenvalue weighted by molar-refractivity contribution is -0.116. The molecule has 0 unspecified atom stereocenters. The van der Waals surface area contributed by atoms with Gasteiger partial charge < -0.3 is 15.0 Å². The highest BCUT2D eigenvalue weighted by atomic mass is 16.5. The van der Waals surface area contributed by atoms with E-state index in [1.807, 2.05) is 6.92 Å². The predicted octanol–water partition coefficient (Wildman–Crippen LogP) is 3.38. The van der Waals surface area contributed by atoms with Gasteiger partial charge in [0.15, 0.2) is 11.9 Å². The molecule has 0 aliphatic carbocycles. The minimum absolute atomic E-state index is 0.0882. The number of rotatable bonds is 8. The fraction of sp³-hybridized carbons (Fsp3) is 0.300. The molecule has 1 aromatic heterocycles. The Morgan fingerprint density at radius 3 is 2.33 bits per heavy atom. The van der Waals surface area contributed by atoms with E-state index in [0.29, 0.717) is 23.2 Å². The highest BCUT2D eigenvalue weighted by Gasteiger charge is 2.21. The van der Waals surface area contributed by atoms with Gasteiger partial charge in [-0.2, -0.15) is 0 Å². The molecule has 142 valence electrons. The Balaban J connectivity index is 1.98. The van der Waals surface area contributed by atoms with Gasteiger partial charge in [0.1, 0.15) is 5.69 Å². The second-order valence-electron chi connectivity index (χ2n) is 6.15. The second-order valence-corrected chi connectivity index (χ2v) is 6.15. The Labute approximate surface area is 157 Å². The molecule has 2 rings (SSSR count). The molecule has 1 atom stereocenters. The highest BCUT2D eigenvalue weighted by molar-refractivity contribution is 6.02. The summed E-state index contributed by atoms with van der Waals surface area (Å²) < 4.78 is 5.17. The van der Waals surface area contributed by atoms with Crippen molar-refractivity contribution < 1.29 is 23.9 Å². The van der Waals surface area contributed by atoms with E-state index in [1.165, 1.54) is 26.1 Å². The van der Waals surface area contributed by atoms with Crippen LogP contribution in [0, 0.1) is 0 Å². The van der Waals surface area contributed by atoms with Crippen LogP contribution in [0.15, 0.2) is 36.5 Å². The van der Waals surface area contributed by atoms with Gasteiger partial charge in [-0.1, -0.05) is 6.92 Å². The molecular formula is C20H22N2O5. The first-order valence-electron chi connectivity index (χ1n) is 8.66. The van der Waals surface area contributed by atoms with Crippen LogP contribution < -0.4 is 5.32 Å². The number of aromatic nitrogens is 1. The van der Waals surface area contributed by atoms with Crippen molar-refractivity contribution in [1.29, 1.82) is 0 Å². The zero-order chi connectivity index (χ0) is 20.0. The number of amides is 1. The molecule has 1 aromatic carbocycles. The van der Waals surface area contributed by atoms with Crippen LogP contribution in [0.5, 0.6) is 0 Å². The first kappa shape index (κ1) is 20.1. The number of aromatic amines is 1. The van der Waals surface area contributed by atoms with Gasteiger partial charge in [-0.15, -0.1) is 0 Å². The minimum Gasteiger partial charge on any atom is -0.450 e. The van der Waals surface area contributed by atoms with Crippen molar-refractivity contribution in [2.75, 3.05) is 5.32 Å². The maximum atomic E-state index is 12.4. The van der Waals surface area contributed by atoms with Crippen LogP contribution in [0.1, 0.15) is 64.8 Å². The third-order valence-electron chi connectivity index (χ3n) is 3.89. The molecule has 1 heterocycles. The van der Waals surface area contributed by atoms with Crippen molar-refractivity contribution >= 4 is 29.1 Å². The van der Waals surface area contributed by atoms with Crippen LogP contribution in [0.25, 0.3) is 0 Å². The van der Waals surface area contributed by atoms with E-state index in [0.717, 1.165) is 6.42 Å². The van der Waals surface area contributed by atoms with Gasteiger partial charge in [0.05, 0.1) is 0 Å². The SMILES string of the molecule is CCCC(=O)Nc1ccc(C(=O)[C@@H](C)OC(=O)c2cc(C(C)=O)c[nH]2)cc1. The highest BCUT2D eigenvalue weighted by Crippen LogP contribution is 2.14. The molecule has 0 aliphatic heterocycles. The lowest BCUT2D eigenvalue weighted by Gasteiger charge is -2.12. The van der Waals surface area contributed by atoms with E-state index < -0.39 is 12.1 Å². The van der Waals surface area contributed by atoms with Crippen molar-refractivity contribution in [3.63, 3.8) is 0 Å². The molecule has 1 amide bonds. The Hall–Kier alpha value is -3.22. The maximum Gasteiger partial charge on any atom is 0.355 e. The smallest absolute Gasteiger partial charge is 0.355 e. The van der Waals surface area contributed by atoms with Crippen LogP contribution in [0.3, 0.4) is 0 Å². The van der Waals surface area contributed by atoms with Crippen LogP contribution >= 0.6 is 0 Å². The van der Waals surface area contributed by atoms with E-state index in [4.69, 9.17) is 4.74 Å². The average Bonchev–Trinajstić information content (AvgIpc) is 3.12. The quantitative estimate of drug-likeness (QED) is 0.547. The molecule has 0 fully saturated rings. The molecular weight excluding hydrogens is 348 g/mol. The topological polar surface area (TPSA) is 105 Å². The summed E-state index contributed by atoms with van der Waals surface area (Å²) in [6.07, 6.45) is 1.59. The van der Waals surface area contributed by atoms with Crippen molar-refractivity contribution in [2.24, 2.45) is 0 Å². The zero-order valence-electron chi connectivity index (χ0n) is 15.5. The van der Waals surface area contributed by atoms with Gasteiger partial charge in [0, 0.05) is 29.4 Å². The molecule has 0 radical (unpaired) electrons. The third-order valence-corrected chi connectivity index (χ3v) is 3.89. The van der Waals surface area contributed by atoms with Gasteiger partial charge in [0.25, 0.3) is 0 Å². The summed E-state index contributed by atoms with van der Waals surface area (Å²) in [5, 5.41) is 2.74. The van der Waals surface area contributed by atoms with E-state index in [9.17, 15) is 19.2 Å². The monoisotopic (exact) mass is 370 g/mol. The number of carbonyl (C=O) groups excluding carboxylic acids is 4. The normalized spacial score (nSPS) is 11.5. The second kappa shape index (κ2) is 8.93. The summed E-state index contributed by atoms with van der Waals surface area (Å²) in [7, 11) is 0. The lowest BCUT2D eigenvalue weighted by Crippen LogP contribution is -2.24. The largest absolute Gasteiger partial charge is 0.450 e. The molecule has 0 bridgehead atoms. The number of hydrogen-bond donors (Lipinski definition) is 2. The van der Waals surface area contributed by atoms with Gasteiger partial charge in [0.2, 0.25) is 11.7 Å². The lowest BCUT2D eigenvalue weighted by atomic mass is 10.1. The van der Waals surface area contributed by atoms with Gasteiger partial charge >= 0.3 is 5.97 Å². The summed E-state index contributed by atoms with van der Waals surface area (Å²) in [4.78, 5) is 50.0. The van der Waals surface area contributed by atoms with E-state index in [-0.39, 0.29) is 23.2 Å². The van der Waals surface area contributed by atoms with Gasteiger partial charge in [-0.25, -0.2) is 4.79 Å². The summed E-state index contributed by atoms with van der Waals surface area (Å²) in [6.45, 7) is 4.78. The Morgan fingerprint density at radius 1 is 1.11 bits per heavy atom. The molecule has 7 nitrogen and oxygen atoms in total. The van der Waals surface area contributed by atoms with Crippen molar-refractivity contribution in [1.82, 2.24) is 4.98 Å². The molecule has 2 N–H and O–H groups in total. The molecule has 0 saturated heterocycles. The zero-order valence-corrected chi connectivity index (χ0v) is 15.5. The maximum absolute atomic E-state index is 12.4. The van der Waals surface area contributed by atoms with Crippen LogP contribution in [0.4, 0.5) is 5.69 Å². The molecule has 0 spiro atoms. The fourth-order valence-electron chi connectivity index (χ4n) is 2.40. The number of nitrogens with one attached hydrogen (secondary N) is 2. The number of benzene rings is 1. The summed E-state index contributed by atoms with van der Waals surface area (Å²) in [5.41, 5.74) is 1.42. The molecule has 27 heavy (non-hydrogen) atoms. The Morgan fingerprint density at radius 2 is 1.78 bits per heavy atom. The molecule has 0 saturated carbocycles. The van der Waals surface area contributed by atoms with Crippen LogP contribution in [-0.2, 0) is 9.53 Å². The van der Waals surface area contributed by atoms with Crippen LogP contribution in [-0.4, -0.2) is 34.5 Å². The Bertz CT molecular complexity index is 852. The predicted molar refractivity (Wildman–Crippen MR) is 100.0 cm³/mol. The number of hydrogen-bond acceptors (Lipinski definition) is 5. The number of ether oxygens (including phenoxy) is 1. The van der Waals surface area contributed by atoms with E-state index >= 15 is 0 Å². The fourth-order valence-corrected chi connectivity index (χ4v) is 2.40. The summed E-state index contributed by atoms with van der Waals surface area (Å²) in [5.74, 6) is -1.35. The van der Waals surface area contributed by atoms with Crippen molar-refractivity contribution in [3.05, 3.63) is 53.3 Å². The average molecular weight is 370 g/mol. The molecule has 2 aromatic rings. The summed E-state index contributed by atoms with van der Waals surface area (Å²) in [6, 6.07) is 7.77. The van der Waals surface area contributed by atoms with E-state index in [2.05, 4.69) is 10.3 Å². The number of anilines is 1. The summed E-state index contributed by atoms with van der Waals surface area (Å²) >= 11 is 0. The minimum atomic E-state index is -0.998.